The van der Waals surface area contributed by atoms with Gasteiger partial charge in [-0.05, 0) is 71.2 Å². The fourth-order valence-corrected chi connectivity index (χ4v) is 10.0. The van der Waals surface area contributed by atoms with Crippen LogP contribution in [0.1, 0.15) is 34.3 Å². The molecule has 0 aliphatic carbocycles. The van der Waals surface area contributed by atoms with E-state index < -0.39 is 23.2 Å². The van der Waals surface area contributed by atoms with Gasteiger partial charge in [0.15, 0.2) is 22.5 Å². The van der Waals surface area contributed by atoms with Crippen LogP contribution < -0.4 is 29.2 Å². The molecule has 6 heterocycles. The third-order valence-electron chi connectivity index (χ3n) is 10.3. The maximum Gasteiger partial charge on any atom is 0.384 e. The molecule has 12 heteroatoms. The number of aromatic hydroxyl groups is 2. The van der Waals surface area contributed by atoms with Crippen LogP contribution in [0.15, 0.2) is 141 Å². The summed E-state index contributed by atoms with van der Waals surface area (Å²) in [7, 11) is 0. The predicted molar refractivity (Wildman–Crippen MR) is 206 cm³/mol. The van der Waals surface area contributed by atoms with E-state index in [4.69, 9.17) is 9.98 Å². The Hall–Kier alpha value is -6.76. The zero-order chi connectivity index (χ0) is 36.2. The Morgan fingerprint density at radius 2 is 0.907 bits per heavy atom. The van der Waals surface area contributed by atoms with Crippen LogP contribution >= 0.6 is 22.7 Å². The van der Waals surface area contributed by atoms with Crippen molar-refractivity contribution in [1.82, 2.24) is 9.97 Å². The van der Waals surface area contributed by atoms with E-state index in [-0.39, 0.29) is 22.6 Å². The molecule has 258 valence electrons. The van der Waals surface area contributed by atoms with Crippen molar-refractivity contribution in [3.63, 3.8) is 0 Å². The number of nitrogens with one attached hydrogen (secondary N) is 2. The van der Waals surface area contributed by atoms with Crippen LogP contribution in [0.3, 0.4) is 0 Å². The lowest BCUT2D eigenvalue weighted by molar-refractivity contribution is -0.498. The molecule has 0 fully saturated rings. The standard InChI is InChI=1S/C42H24N6O4S2/c49-37-23-9-1-3-11-25(23)43-39(51)31(37)35-33(45-41-47(35)27-13-5-7-15-29(27)53-41)21-17-19-22(20-18-21)34-36(48-28-14-6-8-16-30(28)54-42(48)46-34)32-38(50)24-10-2-4-12-26(24)44-40(32)52/h1-20,33-34H,(H2,43,44,49,50,51,52)/p+2. The molecule has 4 aromatic heterocycles. The van der Waals surface area contributed by atoms with E-state index in [1.165, 1.54) is 22.7 Å². The molecule has 2 unspecified atom stereocenters. The molecule has 54 heavy (non-hydrogen) atoms. The fourth-order valence-electron chi connectivity index (χ4n) is 7.92. The first-order valence-corrected chi connectivity index (χ1v) is 18.9. The van der Waals surface area contributed by atoms with Crippen molar-refractivity contribution in [3.8, 4) is 11.5 Å². The zero-order valence-electron chi connectivity index (χ0n) is 28.0. The summed E-state index contributed by atoms with van der Waals surface area (Å²) in [6, 6.07) is 36.9. The topological polar surface area (TPSA) is 143 Å². The van der Waals surface area contributed by atoms with E-state index in [0.717, 1.165) is 31.6 Å². The number of hydrogen-bond donors (Lipinski definition) is 4. The second-order valence-electron chi connectivity index (χ2n) is 13.3. The molecular formula is C42H26N6O4S2+2. The van der Waals surface area contributed by atoms with Crippen molar-refractivity contribution in [1.29, 1.82) is 0 Å². The van der Waals surface area contributed by atoms with Crippen LogP contribution in [-0.2, 0) is 0 Å². The van der Waals surface area contributed by atoms with Crippen LogP contribution in [0.4, 0.5) is 0 Å². The summed E-state index contributed by atoms with van der Waals surface area (Å²) in [4.78, 5) is 45.4. The van der Waals surface area contributed by atoms with Crippen molar-refractivity contribution < 1.29 is 18.7 Å². The molecule has 10 nitrogen and oxygen atoms in total. The van der Waals surface area contributed by atoms with Crippen molar-refractivity contribution >= 4 is 64.9 Å². The maximum atomic E-state index is 13.8. The summed E-state index contributed by atoms with van der Waals surface area (Å²) in [6.07, 6.45) is 0. The molecule has 0 saturated carbocycles. The third-order valence-corrected chi connectivity index (χ3v) is 12.4. The van der Waals surface area contributed by atoms with Gasteiger partial charge in [0, 0.05) is 21.9 Å². The number of rotatable bonds is 4. The minimum atomic E-state index is -0.612. The van der Waals surface area contributed by atoms with Gasteiger partial charge in [-0.15, -0.1) is 0 Å². The number of hydrogen-bond acceptors (Lipinski definition) is 8. The molecule has 0 bridgehead atoms. The van der Waals surface area contributed by atoms with Crippen molar-refractivity contribution in [2.45, 2.75) is 12.1 Å². The fraction of sp³-hybridized carbons (Fsp3) is 0.0476. The first-order chi connectivity index (χ1) is 26.4. The van der Waals surface area contributed by atoms with Gasteiger partial charge in [0.2, 0.25) is 12.1 Å². The van der Waals surface area contributed by atoms with Crippen LogP contribution in [0.5, 0.6) is 11.5 Å². The number of aromatic nitrogens is 4. The molecule has 2 aliphatic rings. The van der Waals surface area contributed by atoms with Gasteiger partial charge < -0.3 is 20.2 Å². The molecule has 0 saturated heterocycles. The largest absolute Gasteiger partial charge is 0.506 e. The lowest BCUT2D eigenvalue weighted by Crippen LogP contribution is -2.35. The van der Waals surface area contributed by atoms with Gasteiger partial charge in [0.05, 0.1) is 20.4 Å². The first-order valence-electron chi connectivity index (χ1n) is 17.3. The van der Waals surface area contributed by atoms with Crippen LogP contribution in [0.25, 0.3) is 42.2 Å². The van der Waals surface area contributed by atoms with Gasteiger partial charge in [-0.3, -0.25) is 9.59 Å². The van der Waals surface area contributed by atoms with E-state index in [1.807, 2.05) is 106 Å². The SMILES string of the molecule is O=c1[nH]c2ccccc2c(O)c1C1=[n+]2c(sc3ccccc32)=NC1c1ccc(C2N=c3sc4ccccc4[n+]3=C2c2c(O)c3ccccc3[nH]c2=O)cc1. The Kier molecular flexibility index (Phi) is 6.49. The lowest BCUT2D eigenvalue weighted by atomic mass is 9.92. The number of nitrogens with zero attached hydrogens (tertiary/aromatic N) is 4. The summed E-state index contributed by atoms with van der Waals surface area (Å²) in [5.74, 6) is -0.201. The summed E-state index contributed by atoms with van der Waals surface area (Å²) in [5.41, 5.74) is 5.12. The van der Waals surface area contributed by atoms with Crippen LogP contribution in [0, 0.1) is 11.4 Å². The second kappa shape index (κ2) is 11.4. The zero-order valence-corrected chi connectivity index (χ0v) is 29.7. The highest BCUT2D eigenvalue weighted by Gasteiger charge is 2.41. The molecule has 11 rings (SSSR count). The number of thiazole rings is 2. The maximum absolute atomic E-state index is 13.8. The van der Waals surface area contributed by atoms with Gasteiger partial charge in [-0.25, -0.2) is 0 Å². The minimum Gasteiger partial charge on any atom is -0.506 e. The number of benzene rings is 5. The second-order valence-corrected chi connectivity index (χ2v) is 15.3. The Balaban J connectivity index is 1.10. The predicted octanol–water partition coefficient (Wildman–Crippen LogP) is 5.39. The molecule has 5 aromatic carbocycles. The van der Waals surface area contributed by atoms with E-state index in [9.17, 15) is 19.8 Å². The Morgan fingerprint density at radius 1 is 0.519 bits per heavy atom. The Labute approximate surface area is 311 Å². The van der Waals surface area contributed by atoms with Gasteiger partial charge in [0.1, 0.15) is 22.6 Å². The minimum absolute atomic E-state index is 0.100. The molecule has 0 spiro atoms. The van der Waals surface area contributed by atoms with E-state index in [0.29, 0.717) is 42.8 Å². The van der Waals surface area contributed by atoms with Gasteiger partial charge in [0.25, 0.3) is 11.1 Å². The Morgan fingerprint density at radius 3 is 1.35 bits per heavy atom. The van der Waals surface area contributed by atoms with Crippen LogP contribution in [-0.4, -0.2) is 20.2 Å². The van der Waals surface area contributed by atoms with E-state index in [1.54, 1.807) is 24.3 Å². The van der Waals surface area contributed by atoms with E-state index >= 15 is 0 Å². The highest BCUT2D eigenvalue weighted by Crippen LogP contribution is 2.38. The summed E-state index contributed by atoms with van der Waals surface area (Å²) >= 11 is 3.05. The number of para-hydroxylation sites is 4. The number of pyridine rings is 2. The molecule has 9 aromatic rings. The molecule has 2 aliphatic heterocycles. The normalized spacial score (nSPS) is 16.3. The lowest BCUT2D eigenvalue weighted by Gasteiger charge is -2.12. The number of aromatic amines is 2. The third kappa shape index (κ3) is 4.32. The Bertz CT molecular complexity index is 3260. The van der Waals surface area contributed by atoms with Crippen LogP contribution in [0.2, 0.25) is 0 Å². The van der Waals surface area contributed by atoms with Crippen molar-refractivity contribution in [2.24, 2.45) is 9.98 Å². The monoisotopic (exact) mass is 742 g/mol. The van der Waals surface area contributed by atoms with Gasteiger partial charge in [-0.2, -0.15) is 8.49 Å². The first kappa shape index (κ1) is 30.8. The molecule has 0 amide bonds. The quantitative estimate of drug-likeness (QED) is 0.180. The number of fused-ring (bicyclic) bond motifs is 8. The summed E-state index contributed by atoms with van der Waals surface area (Å²) in [6.45, 7) is 0. The molecular weight excluding hydrogens is 717 g/mol. The van der Waals surface area contributed by atoms with Crippen molar-refractivity contribution in [2.75, 3.05) is 0 Å². The highest BCUT2D eigenvalue weighted by atomic mass is 32.1. The average molecular weight is 743 g/mol. The highest BCUT2D eigenvalue weighted by molar-refractivity contribution is 7.16. The summed E-state index contributed by atoms with van der Waals surface area (Å²) in [5, 5.41) is 24.5. The number of H-pyrrole nitrogens is 2. The molecule has 4 N–H and O–H groups in total. The smallest absolute Gasteiger partial charge is 0.384 e. The average Bonchev–Trinajstić information content (AvgIpc) is 3.94. The van der Waals surface area contributed by atoms with Crippen molar-refractivity contribution in [3.05, 3.63) is 185 Å². The summed E-state index contributed by atoms with van der Waals surface area (Å²) < 4.78 is 5.97. The van der Waals surface area contributed by atoms with Gasteiger partial charge in [-0.1, -0.05) is 82.8 Å². The molecule has 0 radical (unpaired) electrons. The molecule has 2 atom stereocenters. The van der Waals surface area contributed by atoms with E-state index in [2.05, 4.69) is 9.97 Å². The van der Waals surface area contributed by atoms with Gasteiger partial charge >= 0.3 is 9.60 Å².